The number of ether oxygens (including phenoxy) is 1. The van der Waals surface area contributed by atoms with Crippen molar-refractivity contribution in [3.8, 4) is 5.75 Å². The van der Waals surface area contributed by atoms with E-state index in [4.69, 9.17) is 4.74 Å². The van der Waals surface area contributed by atoms with Crippen molar-refractivity contribution in [1.82, 2.24) is 0 Å². The van der Waals surface area contributed by atoms with E-state index in [1.165, 1.54) is 82.6 Å². The monoisotopic (exact) mass is 370 g/mol. The zero-order chi connectivity index (χ0) is 19.3. The maximum absolute atomic E-state index is 5.68. The minimum absolute atomic E-state index is 0.673. The lowest BCUT2D eigenvalue weighted by molar-refractivity contribution is 0.337. The van der Waals surface area contributed by atoms with Crippen molar-refractivity contribution < 1.29 is 4.74 Å². The van der Waals surface area contributed by atoms with Gasteiger partial charge in [-0.05, 0) is 75.0 Å². The fraction of sp³-hybridized carbons (Fsp3) is 0.692. The maximum atomic E-state index is 5.68. The fourth-order valence-corrected chi connectivity index (χ4v) is 4.66. The summed E-state index contributed by atoms with van der Waals surface area (Å²) in [6, 6.07) is 9.05. The standard InChI is InChI=1S/C26H42O/c1-4-7-8-12-16-23(13-5-2)26(21-22-14-10-9-11-15-22)24-17-19-25(20-18-24)27-6-3/h14,17-20,23,26H,4-13,15-16,21H2,1-3H3. The lowest BCUT2D eigenvalue weighted by atomic mass is 9.75. The number of hydrogen-bond acceptors (Lipinski definition) is 1. The van der Waals surface area contributed by atoms with Gasteiger partial charge in [0.25, 0.3) is 0 Å². The molecule has 1 aliphatic rings. The third kappa shape index (κ3) is 7.72. The highest BCUT2D eigenvalue weighted by molar-refractivity contribution is 5.31. The van der Waals surface area contributed by atoms with Gasteiger partial charge in [0.2, 0.25) is 0 Å². The van der Waals surface area contributed by atoms with Gasteiger partial charge >= 0.3 is 0 Å². The van der Waals surface area contributed by atoms with Gasteiger partial charge in [0.1, 0.15) is 5.75 Å². The summed E-state index contributed by atoms with van der Waals surface area (Å²) in [6.45, 7) is 7.46. The van der Waals surface area contributed by atoms with Crippen molar-refractivity contribution in [3.63, 3.8) is 0 Å². The molecule has 1 aromatic rings. The van der Waals surface area contributed by atoms with Gasteiger partial charge in [-0.1, -0.05) is 76.2 Å². The first-order chi connectivity index (χ1) is 13.3. The van der Waals surface area contributed by atoms with E-state index in [-0.39, 0.29) is 0 Å². The lowest BCUT2D eigenvalue weighted by Crippen LogP contribution is -2.15. The summed E-state index contributed by atoms with van der Waals surface area (Å²) in [7, 11) is 0. The molecule has 0 radical (unpaired) electrons. The van der Waals surface area contributed by atoms with E-state index < -0.39 is 0 Å². The second-order valence-corrected chi connectivity index (χ2v) is 8.32. The van der Waals surface area contributed by atoms with Gasteiger partial charge in [-0.25, -0.2) is 0 Å². The van der Waals surface area contributed by atoms with Crippen molar-refractivity contribution in [2.75, 3.05) is 6.61 Å². The van der Waals surface area contributed by atoms with Crippen molar-refractivity contribution in [1.29, 1.82) is 0 Å². The van der Waals surface area contributed by atoms with Crippen LogP contribution in [0.1, 0.15) is 109 Å². The van der Waals surface area contributed by atoms with Crippen LogP contribution in [0.15, 0.2) is 35.9 Å². The summed E-state index contributed by atoms with van der Waals surface area (Å²) < 4.78 is 5.68. The Morgan fingerprint density at radius 3 is 2.33 bits per heavy atom. The van der Waals surface area contributed by atoms with Gasteiger partial charge in [-0.15, -0.1) is 0 Å². The van der Waals surface area contributed by atoms with Crippen LogP contribution in [0.2, 0.25) is 0 Å². The number of allylic oxidation sites excluding steroid dienone is 2. The molecule has 2 unspecified atom stereocenters. The Bertz CT molecular complexity index is 528. The lowest BCUT2D eigenvalue weighted by Gasteiger charge is -2.30. The van der Waals surface area contributed by atoms with Gasteiger partial charge < -0.3 is 4.74 Å². The first kappa shape index (κ1) is 22.1. The highest BCUT2D eigenvalue weighted by Crippen LogP contribution is 2.39. The Labute approximate surface area is 168 Å². The topological polar surface area (TPSA) is 9.23 Å². The summed E-state index contributed by atoms with van der Waals surface area (Å²) in [6.07, 6.45) is 18.7. The molecule has 2 atom stereocenters. The smallest absolute Gasteiger partial charge is 0.119 e. The summed E-state index contributed by atoms with van der Waals surface area (Å²) >= 11 is 0. The average molecular weight is 371 g/mol. The van der Waals surface area contributed by atoms with Crippen LogP contribution in [0.4, 0.5) is 0 Å². The molecule has 0 saturated heterocycles. The second-order valence-electron chi connectivity index (χ2n) is 8.32. The number of unbranched alkanes of at least 4 members (excludes halogenated alkanes) is 3. The third-order valence-corrected chi connectivity index (χ3v) is 6.14. The first-order valence-electron chi connectivity index (χ1n) is 11.7. The highest BCUT2D eigenvalue weighted by Gasteiger charge is 2.24. The minimum atomic E-state index is 0.673. The Morgan fingerprint density at radius 2 is 1.70 bits per heavy atom. The average Bonchev–Trinajstić information content (AvgIpc) is 2.70. The molecule has 0 aromatic heterocycles. The molecule has 0 saturated carbocycles. The van der Waals surface area contributed by atoms with E-state index in [0.29, 0.717) is 5.92 Å². The van der Waals surface area contributed by atoms with E-state index in [9.17, 15) is 0 Å². The Hall–Kier alpha value is -1.24. The summed E-state index contributed by atoms with van der Waals surface area (Å²) in [5, 5.41) is 0. The van der Waals surface area contributed by atoms with Crippen LogP contribution in [-0.2, 0) is 0 Å². The van der Waals surface area contributed by atoms with Gasteiger partial charge in [0.05, 0.1) is 6.61 Å². The van der Waals surface area contributed by atoms with Crippen LogP contribution < -0.4 is 4.74 Å². The SMILES string of the molecule is CCCCCCC(CCC)C(CC1=CCCCC1)c1ccc(OCC)cc1. The Morgan fingerprint density at radius 1 is 0.889 bits per heavy atom. The van der Waals surface area contributed by atoms with Crippen molar-refractivity contribution in [3.05, 3.63) is 41.5 Å². The number of rotatable bonds is 13. The first-order valence-corrected chi connectivity index (χ1v) is 11.7. The zero-order valence-corrected chi connectivity index (χ0v) is 18.1. The normalized spacial score (nSPS) is 16.6. The summed E-state index contributed by atoms with van der Waals surface area (Å²) in [5.74, 6) is 2.49. The molecule has 2 rings (SSSR count). The summed E-state index contributed by atoms with van der Waals surface area (Å²) in [5.41, 5.74) is 3.24. The molecular weight excluding hydrogens is 328 g/mol. The van der Waals surface area contributed by atoms with E-state index in [0.717, 1.165) is 18.3 Å². The molecule has 0 spiro atoms. The highest BCUT2D eigenvalue weighted by atomic mass is 16.5. The molecule has 1 heteroatoms. The van der Waals surface area contributed by atoms with E-state index in [1.54, 1.807) is 5.57 Å². The van der Waals surface area contributed by atoms with Gasteiger partial charge in [-0.3, -0.25) is 0 Å². The van der Waals surface area contributed by atoms with Crippen molar-refractivity contribution in [2.45, 2.75) is 104 Å². The minimum Gasteiger partial charge on any atom is -0.494 e. The summed E-state index contributed by atoms with van der Waals surface area (Å²) in [4.78, 5) is 0. The molecule has 0 bridgehead atoms. The fourth-order valence-electron chi connectivity index (χ4n) is 4.66. The molecule has 27 heavy (non-hydrogen) atoms. The molecule has 1 nitrogen and oxygen atoms in total. The van der Waals surface area contributed by atoms with Gasteiger partial charge in [0.15, 0.2) is 0 Å². The quantitative estimate of drug-likeness (QED) is 0.250. The second kappa shape index (κ2) is 13.0. The molecule has 1 aliphatic carbocycles. The van der Waals surface area contributed by atoms with Crippen LogP contribution in [-0.4, -0.2) is 6.61 Å². The van der Waals surface area contributed by atoms with Crippen molar-refractivity contribution >= 4 is 0 Å². The van der Waals surface area contributed by atoms with E-state index >= 15 is 0 Å². The molecule has 0 heterocycles. The molecule has 152 valence electrons. The van der Waals surface area contributed by atoms with Gasteiger partial charge in [-0.2, -0.15) is 0 Å². The predicted molar refractivity (Wildman–Crippen MR) is 119 cm³/mol. The van der Waals surface area contributed by atoms with Crippen LogP contribution in [0.3, 0.4) is 0 Å². The number of hydrogen-bond donors (Lipinski definition) is 0. The molecular formula is C26H42O. The Kier molecular flexibility index (Phi) is 10.6. The van der Waals surface area contributed by atoms with Gasteiger partial charge in [0, 0.05) is 0 Å². The molecule has 1 aromatic carbocycles. The number of benzene rings is 1. The maximum Gasteiger partial charge on any atom is 0.119 e. The van der Waals surface area contributed by atoms with Crippen LogP contribution in [0.25, 0.3) is 0 Å². The van der Waals surface area contributed by atoms with E-state index in [2.05, 4.69) is 51.1 Å². The third-order valence-electron chi connectivity index (χ3n) is 6.14. The molecule has 0 N–H and O–H groups in total. The van der Waals surface area contributed by atoms with Crippen LogP contribution >= 0.6 is 0 Å². The van der Waals surface area contributed by atoms with E-state index in [1.807, 2.05) is 0 Å². The predicted octanol–water partition coefficient (Wildman–Crippen LogP) is 8.45. The molecule has 0 aliphatic heterocycles. The van der Waals surface area contributed by atoms with Crippen LogP contribution in [0.5, 0.6) is 5.75 Å². The molecule has 0 fully saturated rings. The Balaban J connectivity index is 2.15. The molecule has 0 amide bonds. The van der Waals surface area contributed by atoms with Crippen molar-refractivity contribution in [2.24, 2.45) is 5.92 Å². The van der Waals surface area contributed by atoms with Crippen LogP contribution in [0, 0.1) is 5.92 Å². The largest absolute Gasteiger partial charge is 0.494 e. The zero-order valence-electron chi connectivity index (χ0n) is 18.1.